The van der Waals surface area contributed by atoms with Gasteiger partial charge in [0.15, 0.2) is 11.5 Å². The molecular formula is C32H39N3O4. The molecule has 2 aromatic rings. The van der Waals surface area contributed by atoms with E-state index in [1.165, 1.54) is 18.4 Å². The number of hydrogen-bond donors (Lipinski definition) is 0. The molecular weight excluding hydrogens is 490 g/mol. The van der Waals surface area contributed by atoms with Crippen LogP contribution in [0.5, 0.6) is 11.5 Å². The lowest BCUT2D eigenvalue weighted by Crippen LogP contribution is -2.45. The van der Waals surface area contributed by atoms with Crippen molar-refractivity contribution in [2.75, 3.05) is 33.4 Å². The number of methoxy groups -OCH3 is 1. The summed E-state index contributed by atoms with van der Waals surface area (Å²) in [7, 11) is 1.68. The second-order valence-corrected chi connectivity index (χ2v) is 11.1. The number of morpholine rings is 1. The summed E-state index contributed by atoms with van der Waals surface area (Å²) in [6.07, 6.45) is 10.7. The van der Waals surface area contributed by atoms with Crippen molar-refractivity contribution in [1.82, 2.24) is 9.91 Å². The Morgan fingerprint density at radius 1 is 0.897 bits per heavy atom. The van der Waals surface area contributed by atoms with Gasteiger partial charge in [-0.1, -0.05) is 36.4 Å². The second-order valence-electron chi connectivity index (χ2n) is 11.1. The summed E-state index contributed by atoms with van der Waals surface area (Å²) in [4.78, 5) is 16.0. The smallest absolute Gasteiger partial charge is 0.247 e. The maximum Gasteiger partial charge on any atom is 0.247 e. The van der Waals surface area contributed by atoms with Gasteiger partial charge in [0.25, 0.3) is 0 Å². The van der Waals surface area contributed by atoms with Gasteiger partial charge in [-0.2, -0.15) is 5.10 Å². The molecule has 2 aliphatic heterocycles. The SMILES string of the molecule is COc1ccc(C2=NN(Cc3ccc(CN4CCOCC4)cc3)C(=O)[C@@H]3CC=CC[C@H]23)cc1OC1CCCC1. The van der Waals surface area contributed by atoms with E-state index >= 15 is 0 Å². The van der Waals surface area contributed by atoms with E-state index < -0.39 is 0 Å². The first-order valence-electron chi connectivity index (χ1n) is 14.5. The number of hydrogen-bond acceptors (Lipinski definition) is 6. The van der Waals surface area contributed by atoms with Gasteiger partial charge in [0, 0.05) is 31.1 Å². The van der Waals surface area contributed by atoms with E-state index in [1.807, 2.05) is 6.07 Å². The molecule has 0 aromatic heterocycles. The average molecular weight is 530 g/mol. The molecule has 2 aromatic carbocycles. The average Bonchev–Trinajstić information content (AvgIpc) is 3.49. The molecule has 206 valence electrons. The van der Waals surface area contributed by atoms with Gasteiger partial charge in [-0.3, -0.25) is 9.69 Å². The van der Waals surface area contributed by atoms with Gasteiger partial charge in [0.1, 0.15) is 0 Å². The van der Waals surface area contributed by atoms with E-state index in [0.29, 0.717) is 6.54 Å². The predicted molar refractivity (Wildman–Crippen MR) is 151 cm³/mol. The third-order valence-electron chi connectivity index (χ3n) is 8.50. The molecule has 2 aliphatic carbocycles. The van der Waals surface area contributed by atoms with Crippen LogP contribution >= 0.6 is 0 Å². The zero-order valence-electron chi connectivity index (χ0n) is 22.9. The number of ether oxygens (including phenoxy) is 3. The van der Waals surface area contributed by atoms with E-state index in [1.54, 1.807) is 12.1 Å². The van der Waals surface area contributed by atoms with Gasteiger partial charge in [-0.15, -0.1) is 0 Å². The van der Waals surface area contributed by atoms with E-state index in [4.69, 9.17) is 19.3 Å². The molecule has 0 unspecified atom stereocenters. The molecule has 2 fully saturated rings. The zero-order valence-corrected chi connectivity index (χ0v) is 22.9. The predicted octanol–water partition coefficient (Wildman–Crippen LogP) is 5.18. The number of hydrazone groups is 1. The molecule has 0 N–H and O–H groups in total. The number of allylic oxidation sites excluding steroid dienone is 2. The molecule has 1 amide bonds. The molecule has 0 bridgehead atoms. The Morgan fingerprint density at radius 3 is 2.31 bits per heavy atom. The minimum absolute atomic E-state index is 0.0716. The Hall–Kier alpha value is -3.16. The third kappa shape index (κ3) is 5.89. The number of rotatable bonds is 8. The number of benzene rings is 2. The molecule has 0 radical (unpaired) electrons. The normalized spacial score (nSPS) is 24.0. The van der Waals surface area contributed by atoms with E-state index in [2.05, 4.69) is 53.5 Å². The highest BCUT2D eigenvalue weighted by Gasteiger charge is 2.40. The molecule has 4 aliphatic rings. The van der Waals surface area contributed by atoms with Crippen LogP contribution in [0.3, 0.4) is 0 Å². The van der Waals surface area contributed by atoms with Crippen molar-refractivity contribution in [2.45, 2.75) is 57.7 Å². The molecule has 7 nitrogen and oxygen atoms in total. The Morgan fingerprint density at radius 2 is 1.59 bits per heavy atom. The number of fused-ring (bicyclic) bond motifs is 1. The summed E-state index contributed by atoms with van der Waals surface area (Å²) < 4.78 is 17.5. The molecule has 39 heavy (non-hydrogen) atoms. The fourth-order valence-corrected chi connectivity index (χ4v) is 6.27. The van der Waals surface area contributed by atoms with E-state index in [0.717, 1.165) is 86.9 Å². The largest absolute Gasteiger partial charge is 0.493 e. The topological polar surface area (TPSA) is 63.6 Å². The van der Waals surface area contributed by atoms with Gasteiger partial charge in [-0.25, -0.2) is 5.01 Å². The monoisotopic (exact) mass is 529 g/mol. The Labute approximate surface area is 231 Å². The lowest BCUT2D eigenvalue weighted by Gasteiger charge is -2.37. The molecule has 7 heteroatoms. The first kappa shape index (κ1) is 26.1. The van der Waals surface area contributed by atoms with Crippen molar-refractivity contribution >= 4 is 11.6 Å². The van der Waals surface area contributed by atoms with Crippen molar-refractivity contribution in [3.05, 3.63) is 71.3 Å². The van der Waals surface area contributed by atoms with Crippen molar-refractivity contribution < 1.29 is 19.0 Å². The summed E-state index contributed by atoms with van der Waals surface area (Å²) in [5.41, 5.74) is 4.33. The molecule has 1 saturated carbocycles. The first-order valence-corrected chi connectivity index (χ1v) is 14.5. The number of carbonyl (C=O) groups is 1. The van der Waals surface area contributed by atoms with Crippen LogP contribution in [0.1, 0.15) is 55.2 Å². The molecule has 0 spiro atoms. The van der Waals surface area contributed by atoms with Crippen molar-refractivity contribution in [1.29, 1.82) is 0 Å². The van der Waals surface area contributed by atoms with Crippen LogP contribution < -0.4 is 9.47 Å². The first-order chi connectivity index (χ1) is 19.2. The third-order valence-corrected chi connectivity index (χ3v) is 8.50. The molecule has 2 atom stereocenters. The zero-order chi connectivity index (χ0) is 26.6. The van der Waals surface area contributed by atoms with Crippen molar-refractivity contribution in [3.63, 3.8) is 0 Å². The fourth-order valence-electron chi connectivity index (χ4n) is 6.27. The maximum atomic E-state index is 13.6. The van der Waals surface area contributed by atoms with E-state index in [-0.39, 0.29) is 23.8 Å². The fraction of sp³-hybridized carbons (Fsp3) is 0.500. The van der Waals surface area contributed by atoms with Crippen LogP contribution in [-0.2, 0) is 22.6 Å². The van der Waals surface area contributed by atoms with Crippen LogP contribution in [0.15, 0.2) is 59.7 Å². The van der Waals surface area contributed by atoms with Gasteiger partial charge in [0.2, 0.25) is 5.91 Å². The second kappa shape index (κ2) is 11.9. The van der Waals surface area contributed by atoms with Crippen LogP contribution in [0, 0.1) is 11.8 Å². The summed E-state index contributed by atoms with van der Waals surface area (Å²) in [5.74, 6) is 1.60. The van der Waals surface area contributed by atoms with Crippen LogP contribution in [0.4, 0.5) is 0 Å². The summed E-state index contributed by atoms with van der Waals surface area (Å²) >= 11 is 0. The van der Waals surface area contributed by atoms with Crippen LogP contribution in [0.25, 0.3) is 0 Å². The Balaban J connectivity index is 1.24. The number of nitrogens with zero attached hydrogens (tertiary/aromatic N) is 3. The van der Waals surface area contributed by atoms with Crippen molar-refractivity contribution in [3.8, 4) is 11.5 Å². The highest BCUT2D eigenvalue weighted by Crippen LogP contribution is 2.38. The Bertz CT molecular complexity index is 1210. The molecule has 2 heterocycles. The number of amides is 1. The van der Waals surface area contributed by atoms with Crippen LogP contribution in [0.2, 0.25) is 0 Å². The van der Waals surface area contributed by atoms with Crippen LogP contribution in [-0.4, -0.2) is 61.0 Å². The van der Waals surface area contributed by atoms with Gasteiger partial charge >= 0.3 is 0 Å². The quantitative estimate of drug-likeness (QED) is 0.441. The Kier molecular flexibility index (Phi) is 7.98. The maximum absolute atomic E-state index is 13.6. The van der Waals surface area contributed by atoms with E-state index in [9.17, 15) is 4.79 Å². The molecule has 6 rings (SSSR count). The van der Waals surface area contributed by atoms with Gasteiger partial charge in [-0.05, 0) is 67.9 Å². The minimum Gasteiger partial charge on any atom is -0.493 e. The number of carbonyl (C=O) groups excluding carboxylic acids is 1. The minimum atomic E-state index is -0.0932. The summed E-state index contributed by atoms with van der Waals surface area (Å²) in [5, 5.41) is 6.69. The summed E-state index contributed by atoms with van der Waals surface area (Å²) in [6, 6.07) is 14.7. The standard InChI is InChI=1S/C32H39N3O4/c1-37-29-15-14-25(20-30(29)39-26-6-2-3-7-26)31-27-8-4-5-9-28(27)32(36)35(33-31)22-24-12-10-23(11-13-24)21-34-16-18-38-19-17-34/h4-5,10-15,20,26-28H,2-3,6-9,16-19,21-22H2,1H3/t27-,28+/m0/s1. The highest BCUT2D eigenvalue weighted by molar-refractivity contribution is 6.07. The lowest BCUT2D eigenvalue weighted by atomic mass is 9.76. The lowest BCUT2D eigenvalue weighted by molar-refractivity contribution is -0.138. The van der Waals surface area contributed by atoms with Crippen molar-refractivity contribution in [2.24, 2.45) is 16.9 Å². The van der Waals surface area contributed by atoms with Gasteiger partial charge < -0.3 is 14.2 Å². The summed E-state index contributed by atoms with van der Waals surface area (Å²) in [6.45, 7) is 4.93. The van der Waals surface area contributed by atoms with Gasteiger partial charge in [0.05, 0.1) is 44.6 Å². The highest BCUT2D eigenvalue weighted by atomic mass is 16.5. The molecule has 1 saturated heterocycles.